The van der Waals surface area contributed by atoms with E-state index in [1.165, 1.54) is 21.7 Å². The standard InChI is InChI=1S/C26H22F2N4O3/c1-14-5-3-7-17(25(14)28)20-11-23(31(2)30-20)29-21-9-16(33)10-22(34)24(21)26(35)32-12-15-6-4-8-19(27)18(15)13-32/h3-11,29,33-34H,12-13H2,1-2H3. The molecule has 4 aromatic rings. The minimum absolute atomic E-state index is 0.0586. The van der Waals surface area contributed by atoms with Crippen LogP contribution < -0.4 is 5.32 Å². The molecule has 0 radical (unpaired) electrons. The van der Waals surface area contributed by atoms with Crippen molar-refractivity contribution in [2.45, 2.75) is 20.0 Å². The number of carbonyl (C=O) groups is 1. The van der Waals surface area contributed by atoms with Crippen molar-refractivity contribution in [2.75, 3.05) is 5.32 Å². The van der Waals surface area contributed by atoms with Crippen molar-refractivity contribution in [3.8, 4) is 22.8 Å². The Morgan fingerprint density at radius 3 is 2.60 bits per heavy atom. The van der Waals surface area contributed by atoms with Gasteiger partial charge in [0, 0.05) is 49.5 Å². The van der Waals surface area contributed by atoms with Crippen molar-refractivity contribution in [3.63, 3.8) is 0 Å². The highest BCUT2D eigenvalue weighted by Crippen LogP contribution is 2.37. The van der Waals surface area contributed by atoms with E-state index in [0.29, 0.717) is 33.8 Å². The number of aryl methyl sites for hydroxylation is 2. The Bertz CT molecular complexity index is 1480. The van der Waals surface area contributed by atoms with Crippen molar-refractivity contribution in [1.82, 2.24) is 14.7 Å². The van der Waals surface area contributed by atoms with Gasteiger partial charge < -0.3 is 20.4 Å². The summed E-state index contributed by atoms with van der Waals surface area (Å²) in [5.41, 5.74) is 2.35. The molecule has 3 aromatic carbocycles. The quantitative estimate of drug-likeness (QED) is 0.386. The molecule has 1 amide bonds. The van der Waals surface area contributed by atoms with E-state index in [9.17, 15) is 23.8 Å². The number of phenolic OH excluding ortho intramolecular Hbond substituents is 2. The van der Waals surface area contributed by atoms with Gasteiger partial charge in [0.25, 0.3) is 5.91 Å². The first-order valence-electron chi connectivity index (χ1n) is 10.9. The van der Waals surface area contributed by atoms with Crippen molar-refractivity contribution in [2.24, 2.45) is 7.05 Å². The summed E-state index contributed by atoms with van der Waals surface area (Å²) in [6.07, 6.45) is 0. The normalized spacial score (nSPS) is 12.6. The third-order valence-corrected chi connectivity index (χ3v) is 6.14. The van der Waals surface area contributed by atoms with E-state index < -0.39 is 17.5 Å². The van der Waals surface area contributed by atoms with Gasteiger partial charge in [-0.1, -0.05) is 24.3 Å². The number of fused-ring (bicyclic) bond motifs is 1. The number of nitrogens with zero attached hydrogens (tertiary/aromatic N) is 3. The molecule has 0 bridgehead atoms. The summed E-state index contributed by atoms with van der Waals surface area (Å²) in [5.74, 6) is -1.60. The molecule has 0 aliphatic carbocycles. The second-order valence-electron chi connectivity index (χ2n) is 8.53. The maximum Gasteiger partial charge on any atom is 0.260 e. The smallest absolute Gasteiger partial charge is 0.260 e. The largest absolute Gasteiger partial charge is 0.508 e. The molecule has 0 fully saturated rings. The minimum atomic E-state index is -0.535. The monoisotopic (exact) mass is 476 g/mol. The molecule has 0 unspecified atom stereocenters. The van der Waals surface area contributed by atoms with Crippen LogP contribution in [0.2, 0.25) is 0 Å². The number of benzene rings is 3. The van der Waals surface area contributed by atoms with Crippen molar-refractivity contribution < 1.29 is 23.8 Å². The van der Waals surface area contributed by atoms with E-state index in [-0.39, 0.29) is 35.9 Å². The number of phenols is 2. The van der Waals surface area contributed by atoms with Crippen LogP contribution in [0.15, 0.2) is 54.6 Å². The SMILES string of the molecule is Cc1cccc(-c2cc(Nc3cc(O)cc(O)c3C(=O)N3Cc4cccc(F)c4C3)n(C)n2)c1F. The molecule has 0 atom stereocenters. The lowest BCUT2D eigenvalue weighted by Gasteiger charge is -2.20. The van der Waals surface area contributed by atoms with Gasteiger partial charge in [-0.05, 0) is 30.2 Å². The summed E-state index contributed by atoms with van der Waals surface area (Å²) in [6, 6.07) is 13.7. The molecular formula is C26H22F2N4O3. The molecule has 3 N–H and O–H groups in total. The van der Waals surface area contributed by atoms with Gasteiger partial charge in [-0.25, -0.2) is 8.78 Å². The molecular weight excluding hydrogens is 454 g/mol. The van der Waals surface area contributed by atoms with Crippen LogP contribution in [0.25, 0.3) is 11.3 Å². The van der Waals surface area contributed by atoms with Crippen LogP contribution in [0.1, 0.15) is 27.0 Å². The highest BCUT2D eigenvalue weighted by atomic mass is 19.1. The number of nitrogens with one attached hydrogen (secondary N) is 1. The zero-order valence-electron chi connectivity index (χ0n) is 19.0. The van der Waals surface area contributed by atoms with Crippen LogP contribution in [0.4, 0.5) is 20.3 Å². The van der Waals surface area contributed by atoms with Crippen LogP contribution in [0.5, 0.6) is 11.5 Å². The Labute approximate surface area is 199 Å². The number of anilines is 2. The molecule has 7 nitrogen and oxygen atoms in total. The third-order valence-electron chi connectivity index (χ3n) is 6.14. The number of amides is 1. The Balaban J connectivity index is 1.49. The number of rotatable bonds is 4. The topological polar surface area (TPSA) is 90.6 Å². The van der Waals surface area contributed by atoms with Crippen LogP contribution in [-0.2, 0) is 20.1 Å². The predicted octanol–water partition coefficient (Wildman–Crippen LogP) is 4.98. The number of aromatic hydroxyl groups is 2. The van der Waals surface area contributed by atoms with Gasteiger partial charge >= 0.3 is 0 Å². The lowest BCUT2D eigenvalue weighted by molar-refractivity contribution is 0.0748. The predicted molar refractivity (Wildman–Crippen MR) is 126 cm³/mol. The van der Waals surface area contributed by atoms with E-state index in [1.807, 2.05) is 0 Å². The average Bonchev–Trinajstić information content (AvgIpc) is 3.40. The number of hydrogen-bond donors (Lipinski definition) is 3. The second-order valence-corrected chi connectivity index (χ2v) is 8.53. The maximum absolute atomic E-state index is 14.6. The number of aromatic nitrogens is 2. The molecule has 5 rings (SSSR count). The fraction of sp³-hybridized carbons (Fsp3) is 0.154. The molecule has 0 saturated carbocycles. The number of halogens is 2. The van der Waals surface area contributed by atoms with E-state index in [2.05, 4.69) is 10.4 Å². The molecule has 1 aromatic heterocycles. The van der Waals surface area contributed by atoms with Gasteiger partial charge in [0.1, 0.15) is 34.5 Å². The summed E-state index contributed by atoms with van der Waals surface area (Å²) in [6.45, 7) is 1.91. The van der Waals surface area contributed by atoms with Gasteiger partial charge in [0.15, 0.2) is 0 Å². The molecule has 1 aliphatic rings. The van der Waals surface area contributed by atoms with Gasteiger partial charge in [-0.2, -0.15) is 5.10 Å². The van der Waals surface area contributed by atoms with E-state index >= 15 is 0 Å². The van der Waals surface area contributed by atoms with Crippen LogP contribution in [-0.4, -0.2) is 30.8 Å². The summed E-state index contributed by atoms with van der Waals surface area (Å²) in [7, 11) is 1.64. The van der Waals surface area contributed by atoms with Crippen LogP contribution in [0, 0.1) is 18.6 Å². The number of hydrogen-bond acceptors (Lipinski definition) is 5. The Morgan fingerprint density at radius 1 is 1.06 bits per heavy atom. The molecule has 35 heavy (non-hydrogen) atoms. The van der Waals surface area contributed by atoms with E-state index in [1.54, 1.807) is 50.4 Å². The molecule has 0 spiro atoms. The maximum atomic E-state index is 14.6. The van der Waals surface area contributed by atoms with Crippen molar-refractivity contribution >= 4 is 17.4 Å². The van der Waals surface area contributed by atoms with Crippen molar-refractivity contribution in [1.29, 1.82) is 0 Å². The Hall–Kier alpha value is -4.40. The highest BCUT2D eigenvalue weighted by molar-refractivity contribution is 6.03. The van der Waals surface area contributed by atoms with Crippen LogP contribution >= 0.6 is 0 Å². The first-order valence-corrected chi connectivity index (χ1v) is 10.9. The van der Waals surface area contributed by atoms with E-state index in [0.717, 1.165) is 6.07 Å². The summed E-state index contributed by atoms with van der Waals surface area (Å²) >= 11 is 0. The zero-order chi connectivity index (χ0) is 24.9. The fourth-order valence-electron chi connectivity index (χ4n) is 4.32. The molecule has 0 saturated heterocycles. The van der Waals surface area contributed by atoms with Gasteiger partial charge in [-0.3, -0.25) is 9.48 Å². The average molecular weight is 476 g/mol. The van der Waals surface area contributed by atoms with E-state index in [4.69, 9.17) is 0 Å². The Morgan fingerprint density at radius 2 is 1.83 bits per heavy atom. The van der Waals surface area contributed by atoms with Crippen LogP contribution in [0.3, 0.4) is 0 Å². The fourth-order valence-corrected chi connectivity index (χ4v) is 4.32. The molecule has 2 heterocycles. The van der Waals surface area contributed by atoms with Gasteiger partial charge in [0.05, 0.1) is 11.4 Å². The zero-order valence-corrected chi connectivity index (χ0v) is 19.0. The second kappa shape index (κ2) is 8.43. The minimum Gasteiger partial charge on any atom is -0.508 e. The molecule has 178 valence electrons. The van der Waals surface area contributed by atoms with Crippen molar-refractivity contribution in [3.05, 3.63) is 88.5 Å². The third kappa shape index (κ3) is 3.95. The summed E-state index contributed by atoms with van der Waals surface area (Å²) in [5, 5.41) is 28.1. The summed E-state index contributed by atoms with van der Waals surface area (Å²) in [4.78, 5) is 14.8. The lowest BCUT2D eigenvalue weighted by atomic mass is 10.1. The first-order chi connectivity index (χ1) is 16.7. The first kappa shape index (κ1) is 22.4. The lowest BCUT2D eigenvalue weighted by Crippen LogP contribution is -2.26. The summed E-state index contributed by atoms with van der Waals surface area (Å²) < 4.78 is 30.3. The van der Waals surface area contributed by atoms with Gasteiger partial charge in [0.2, 0.25) is 0 Å². The molecule has 9 heteroatoms. The Kier molecular flexibility index (Phi) is 5.39. The highest BCUT2D eigenvalue weighted by Gasteiger charge is 2.30. The van der Waals surface area contributed by atoms with Gasteiger partial charge in [-0.15, -0.1) is 0 Å². The number of carbonyl (C=O) groups excluding carboxylic acids is 1. The molecule has 1 aliphatic heterocycles.